The van der Waals surface area contributed by atoms with Crippen molar-refractivity contribution < 1.29 is 4.79 Å². The van der Waals surface area contributed by atoms with Crippen molar-refractivity contribution in [1.82, 2.24) is 9.88 Å². The molecule has 4 nitrogen and oxygen atoms in total. The van der Waals surface area contributed by atoms with Gasteiger partial charge in [0.2, 0.25) is 0 Å². The molecule has 1 fully saturated rings. The van der Waals surface area contributed by atoms with Crippen molar-refractivity contribution in [3.8, 4) is 0 Å². The summed E-state index contributed by atoms with van der Waals surface area (Å²) in [6.45, 7) is 2.03. The van der Waals surface area contributed by atoms with E-state index in [4.69, 9.17) is 11.6 Å². The van der Waals surface area contributed by atoms with E-state index < -0.39 is 0 Å². The Morgan fingerprint density at radius 2 is 2.00 bits per heavy atom. The van der Waals surface area contributed by atoms with Crippen LogP contribution in [0.15, 0.2) is 52.5 Å². The zero-order chi connectivity index (χ0) is 16.4. The Hall–Kier alpha value is -2.11. The van der Waals surface area contributed by atoms with Crippen molar-refractivity contribution >= 4 is 46.2 Å². The average Bonchev–Trinajstić information content (AvgIpc) is 2.80. The highest BCUT2D eigenvalue weighted by Crippen LogP contribution is 2.34. The number of likely N-dealkylation sites (N-methyl/N-ethyl adjacent to an activating group) is 1. The van der Waals surface area contributed by atoms with E-state index >= 15 is 0 Å². The Balaban J connectivity index is 1.91. The molecule has 6 heteroatoms. The molecule has 1 saturated heterocycles. The summed E-state index contributed by atoms with van der Waals surface area (Å²) in [7, 11) is 1.70. The van der Waals surface area contributed by atoms with Crippen LogP contribution in [0.4, 0.5) is 5.69 Å². The number of carbonyl (C=O) groups is 1. The summed E-state index contributed by atoms with van der Waals surface area (Å²) in [6, 6.07) is 11.5. The summed E-state index contributed by atoms with van der Waals surface area (Å²) in [5.74, 6) is -0.0747. The number of rotatable bonds is 2. The third-order valence-corrected chi connectivity index (χ3v) is 4.69. The molecule has 1 aromatic carbocycles. The molecule has 0 unspecified atom stereocenters. The van der Waals surface area contributed by atoms with Gasteiger partial charge < -0.3 is 0 Å². The normalized spacial score (nSPS) is 18.2. The zero-order valence-electron chi connectivity index (χ0n) is 12.7. The third-order valence-electron chi connectivity index (χ3n) is 3.33. The molecule has 0 spiro atoms. The van der Waals surface area contributed by atoms with E-state index in [1.165, 1.54) is 22.2 Å². The second-order valence-corrected chi connectivity index (χ2v) is 6.46. The first-order chi connectivity index (χ1) is 11.0. The molecule has 116 valence electrons. The van der Waals surface area contributed by atoms with Gasteiger partial charge >= 0.3 is 0 Å². The predicted octanol–water partition coefficient (Wildman–Crippen LogP) is 4.28. The van der Waals surface area contributed by atoms with Crippen molar-refractivity contribution in [3.63, 3.8) is 0 Å². The lowest BCUT2D eigenvalue weighted by molar-refractivity contribution is -0.121. The zero-order valence-corrected chi connectivity index (χ0v) is 14.2. The molecular weight excluding hydrogens is 330 g/mol. The van der Waals surface area contributed by atoms with Gasteiger partial charge in [0.1, 0.15) is 5.69 Å². The fourth-order valence-electron chi connectivity index (χ4n) is 2.03. The fraction of sp³-hybridized carbons (Fsp3) is 0.118. The quantitative estimate of drug-likeness (QED) is 0.604. The molecule has 2 heterocycles. The summed E-state index contributed by atoms with van der Waals surface area (Å²) in [5.41, 5.74) is 2.72. The molecule has 1 aliphatic heterocycles. The number of aryl methyl sites for hydroxylation is 1. The molecule has 1 aliphatic rings. The Morgan fingerprint density at radius 3 is 2.70 bits per heavy atom. The molecule has 0 radical (unpaired) electrons. The number of thioether (sulfide) groups is 1. The van der Waals surface area contributed by atoms with Crippen LogP contribution in [0.2, 0.25) is 5.15 Å². The number of carbonyl (C=O) groups excluding carboxylic acids is 1. The number of hydrogen-bond acceptors (Lipinski definition) is 4. The van der Waals surface area contributed by atoms with Crippen LogP contribution in [-0.4, -0.2) is 28.0 Å². The number of benzene rings is 1. The van der Waals surface area contributed by atoms with E-state index in [0.29, 0.717) is 20.9 Å². The summed E-state index contributed by atoms with van der Waals surface area (Å²) in [6.07, 6.45) is 3.47. The van der Waals surface area contributed by atoms with Gasteiger partial charge in [-0.1, -0.05) is 41.4 Å². The molecule has 3 rings (SSSR count). The summed E-state index contributed by atoms with van der Waals surface area (Å²) < 4.78 is 0. The number of aromatic nitrogens is 1. The van der Waals surface area contributed by atoms with Gasteiger partial charge in [0, 0.05) is 13.2 Å². The fourth-order valence-corrected chi connectivity index (χ4v) is 3.17. The number of pyridine rings is 1. The van der Waals surface area contributed by atoms with E-state index in [1.54, 1.807) is 25.4 Å². The Kier molecular flexibility index (Phi) is 4.50. The average molecular weight is 344 g/mol. The van der Waals surface area contributed by atoms with Gasteiger partial charge in [0.15, 0.2) is 10.3 Å². The van der Waals surface area contributed by atoms with Crippen molar-refractivity contribution in [2.75, 3.05) is 7.05 Å². The lowest BCUT2D eigenvalue weighted by atomic mass is 10.1. The van der Waals surface area contributed by atoms with Crippen LogP contribution < -0.4 is 0 Å². The highest BCUT2D eigenvalue weighted by molar-refractivity contribution is 8.18. The van der Waals surface area contributed by atoms with E-state index in [0.717, 1.165) is 5.56 Å². The van der Waals surface area contributed by atoms with Crippen LogP contribution in [0.5, 0.6) is 0 Å². The predicted molar refractivity (Wildman–Crippen MR) is 95.9 cm³/mol. The summed E-state index contributed by atoms with van der Waals surface area (Å²) >= 11 is 7.35. The number of amidine groups is 1. The van der Waals surface area contributed by atoms with Crippen LogP contribution in [0.3, 0.4) is 0 Å². The summed E-state index contributed by atoms with van der Waals surface area (Å²) in [5, 5.41) is 0.903. The highest BCUT2D eigenvalue weighted by Gasteiger charge is 2.30. The van der Waals surface area contributed by atoms with E-state index in [2.05, 4.69) is 9.98 Å². The van der Waals surface area contributed by atoms with E-state index in [-0.39, 0.29) is 5.91 Å². The van der Waals surface area contributed by atoms with Gasteiger partial charge in [-0.15, -0.1) is 0 Å². The molecule has 23 heavy (non-hydrogen) atoms. The Labute approximate surface area is 143 Å². The van der Waals surface area contributed by atoms with E-state index in [9.17, 15) is 4.79 Å². The number of nitrogens with zero attached hydrogens (tertiary/aromatic N) is 3. The molecule has 0 saturated carbocycles. The second-order valence-electron chi connectivity index (χ2n) is 5.09. The Bertz CT molecular complexity index is 815. The number of aliphatic imine (C=N–C) groups is 1. The standard InChI is InChI=1S/C17H14ClN3OS/c1-11-5-7-12(8-6-11)10-14-16(22)21(2)17(23-14)20-13-4-3-9-19-15(13)18/h3-10H,1-2H3/b14-10-,20-17?. The van der Waals surface area contributed by atoms with Crippen LogP contribution in [0, 0.1) is 6.92 Å². The van der Waals surface area contributed by atoms with Crippen molar-refractivity contribution in [2.45, 2.75) is 6.92 Å². The first-order valence-corrected chi connectivity index (χ1v) is 8.17. The van der Waals surface area contributed by atoms with Gasteiger partial charge in [-0.3, -0.25) is 9.69 Å². The van der Waals surface area contributed by atoms with Gasteiger partial charge in [0.05, 0.1) is 4.91 Å². The maximum absolute atomic E-state index is 12.4. The first-order valence-electron chi connectivity index (χ1n) is 6.98. The van der Waals surface area contributed by atoms with Crippen molar-refractivity contribution in [3.05, 3.63) is 63.8 Å². The van der Waals surface area contributed by atoms with Crippen molar-refractivity contribution in [1.29, 1.82) is 0 Å². The second kappa shape index (κ2) is 6.56. The smallest absolute Gasteiger partial charge is 0.266 e. The van der Waals surface area contributed by atoms with Gasteiger partial charge in [-0.05, 0) is 42.5 Å². The number of amides is 1. The third kappa shape index (κ3) is 3.46. The largest absolute Gasteiger partial charge is 0.290 e. The summed E-state index contributed by atoms with van der Waals surface area (Å²) in [4.78, 5) is 23.0. The SMILES string of the molecule is Cc1ccc(/C=C2\SC(=Nc3cccnc3Cl)N(C)C2=O)cc1. The van der Waals surface area contributed by atoms with Crippen molar-refractivity contribution in [2.24, 2.45) is 4.99 Å². The molecule has 1 amide bonds. The van der Waals surface area contributed by atoms with Gasteiger partial charge in [0.25, 0.3) is 5.91 Å². The molecular formula is C17H14ClN3OS. The molecule has 1 aromatic heterocycles. The van der Waals surface area contributed by atoms with E-state index in [1.807, 2.05) is 37.3 Å². The first kappa shape index (κ1) is 15.8. The lowest BCUT2D eigenvalue weighted by Gasteiger charge is -2.07. The molecule has 0 bridgehead atoms. The molecule has 0 N–H and O–H groups in total. The van der Waals surface area contributed by atoms with Crippen LogP contribution in [0.1, 0.15) is 11.1 Å². The lowest BCUT2D eigenvalue weighted by Crippen LogP contribution is -2.23. The monoisotopic (exact) mass is 343 g/mol. The van der Waals surface area contributed by atoms with Crippen LogP contribution in [-0.2, 0) is 4.79 Å². The molecule has 0 atom stereocenters. The minimum atomic E-state index is -0.0747. The van der Waals surface area contributed by atoms with Crippen LogP contribution in [0.25, 0.3) is 6.08 Å². The minimum absolute atomic E-state index is 0.0747. The number of hydrogen-bond donors (Lipinski definition) is 0. The Morgan fingerprint density at radius 1 is 1.26 bits per heavy atom. The molecule has 2 aromatic rings. The van der Waals surface area contributed by atoms with Gasteiger partial charge in [-0.25, -0.2) is 9.98 Å². The highest BCUT2D eigenvalue weighted by atomic mass is 35.5. The minimum Gasteiger partial charge on any atom is -0.290 e. The topological polar surface area (TPSA) is 45.6 Å². The maximum atomic E-state index is 12.4. The maximum Gasteiger partial charge on any atom is 0.266 e. The van der Waals surface area contributed by atoms with Crippen LogP contribution >= 0.6 is 23.4 Å². The van der Waals surface area contributed by atoms with Gasteiger partial charge in [-0.2, -0.15) is 0 Å². The molecule has 0 aliphatic carbocycles. The number of halogens is 1.